The molecule has 0 radical (unpaired) electrons. The predicted molar refractivity (Wildman–Crippen MR) is 79.9 cm³/mol. The summed E-state index contributed by atoms with van der Waals surface area (Å²) in [5.74, 6) is 0.337. The van der Waals surface area contributed by atoms with Crippen LogP contribution in [0.5, 0.6) is 0 Å². The number of hydrogen-bond donors (Lipinski definition) is 1. The Balaban J connectivity index is 2.13. The van der Waals surface area contributed by atoms with Gasteiger partial charge in [0.1, 0.15) is 5.02 Å². The molecule has 2 heterocycles. The van der Waals surface area contributed by atoms with Crippen molar-refractivity contribution in [2.75, 3.05) is 5.32 Å². The van der Waals surface area contributed by atoms with Crippen LogP contribution in [0.3, 0.4) is 0 Å². The number of nitrogens with zero attached hydrogens (tertiary/aromatic N) is 3. The van der Waals surface area contributed by atoms with Gasteiger partial charge in [0.2, 0.25) is 0 Å². The van der Waals surface area contributed by atoms with E-state index in [9.17, 15) is 4.79 Å². The average Bonchev–Trinajstić information content (AvgIpc) is 2.44. The zero-order valence-corrected chi connectivity index (χ0v) is 12.3. The number of rotatable bonds is 5. The van der Waals surface area contributed by atoms with Crippen molar-refractivity contribution in [1.82, 2.24) is 14.8 Å². The summed E-state index contributed by atoms with van der Waals surface area (Å²) in [7, 11) is 0. The lowest BCUT2D eigenvalue weighted by Gasteiger charge is -2.11. The lowest BCUT2D eigenvalue weighted by molar-refractivity contribution is 0.464. The highest BCUT2D eigenvalue weighted by atomic mass is 35.5. The van der Waals surface area contributed by atoms with Crippen molar-refractivity contribution in [3.8, 4) is 0 Å². The second-order valence-corrected chi connectivity index (χ2v) is 5.31. The van der Waals surface area contributed by atoms with Gasteiger partial charge in [-0.05, 0) is 18.1 Å². The fraction of sp³-hybridized carbons (Fsp3) is 0.357. The van der Waals surface area contributed by atoms with Crippen molar-refractivity contribution < 1.29 is 0 Å². The zero-order valence-electron chi connectivity index (χ0n) is 11.5. The van der Waals surface area contributed by atoms with E-state index >= 15 is 0 Å². The average molecular weight is 293 g/mol. The lowest BCUT2D eigenvalue weighted by atomic mass is 10.2. The Morgan fingerprint density at radius 3 is 2.85 bits per heavy atom. The molecule has 1 N–H and O–H groups in total. The largest absolute Gasteiger partial charge is 0.377 e. The molecule has 2 aromatic rings. The molecule has 0 aliphatic rings. The molecule has 0 aromatic carbocycles. The van der Waals surface area contributed by atoms with Crippen LogP contribution in [0, 0.1) is 5.92 Å². The van der Waals surface area contributed by atoms with E-state index in [4.69, 9.17) is 11.6 Å². The fourth-order valence-corrected chi connectivity index (χ4v) is 1.97. The summed E-state index contributed by atoms with van der Waals surface area (Å²) < 4.78 is 1.39. The topological polar surface area (TPSA) is 59.8 Å². The monoisotopic (exact) mass is 292 g/mol. The van der Waals surface area contributed by atoms with E-state index in [1.165, 1.54) is 4.68 Å². The van der Waals surface area contributed by atoms with Crippen LogP contribution in [0.2, 0.25) is 5.02 Å². The van der Waals surface area contributed by atoms with E-state index in [1.54, 1.807) is 12.4 Å². The molecule has 0 spiro atoms. The Labute approximate surface area is 122 Å². The van der Waals surface area contributed by atoms with Crippen molar-refractivity contribution in [3.05, 3.63) is 51.7 Å². The molecule has 0 aliphatic carbocycles. The summed E-state index contributed by atoms with van der Waals surface area (Å²) in [4.78, 5) is 16.2. The van der Waals surface area contributed by atoms with Gasteiger partial charge in [0.15, 0.2) is 0 Å². The second-order valence-electron chi connectivity index (χ2n) is 4.93. The highest BCUT2D eigenvalue weighted by Gasteiger charge is 2.10. The van der Waals surface area contributed by atoms with E-state index < -0.39 is 0 Å². The smallest absolute Gasteiger partial charge is 0.287 e. The maximum atomic E-state index is 12.0. The van der Waals surface area contributed by atoms with Gasteiger partial charge in [-0.3, -0.25) is 9.78 Å². The van der Waals surface area contributed by atoms with Crippen LogP contribution in [0.1, 0.15) is 19.5 Å². The molecular weight excluding hydrogens is 276 g/mol. The molecule has 20 heavy (non-hydrogen) atoms. The van der Waals surface area contributed by atoms with E-state index in [0.717, 1.165) is 5.69 Å². The second kappa shape index (κ2) is 6.52. The first-order chi connectivity index (χ1) is 9.58. The Bertz CT molecular complexity index is 625. The van der Waals surface area contributed by atoms with Gasteiger partial charge in [-0.2, -0.15) is 5.10 Å². The molecule has 6 heteroatoms. The Morgan fingerprint density at radius 2 is 2.20 bits per heavy atom. The molecule has 106 valence electrons. The summed E-state index contributed by atoms with van der Waals surface area (Å²) in [5.41, 5.74) is 1.13. The number of aromatic nitrogens is 3. The molecule has 0 fully saturated rings. The molecule has 0 saturated heterocycles. The number of anilines is 1. The minimum atomic E-state index is -0.272. The van der Waals surface area contributed by atoms with Crippen LogP contribution in [0.15, 0.2) is 35.4 Å². The highest BCUT2D eigenvalue weighted by molar-refractivity contribution is 6.32. The molecule has 0 atom stereocenters. The van der Waals surface area contributed by atoms with Crippen LogP contribution < -0.4 is 10.9 Å². The first-order valence-electron chi connectivity index (χ1n) is 6.47. The van der Waals surface area contributed by atoms with Crippen LogP contribution in [-0.2, 0) is 13.1 Å². The molecule has 2 aromatic heterocycles. The SMILES string of the molecule is CC(C)Cn1ncc(NCc2ccccn2)c(Cl)c1=O. The molecule has 0 unspecified atom stereocenters. The highest BCUT2D eigenvalue weighted by Crippen LogP contribution is 2.16. The third-order valence-corrected chi connectivity index (χ3v) is 3.07. The molecule has 0 amide bonds. The van der Waals surface area contributed by atoms with Crippen LogP contribution in [-0.4, -0.2) is 14.8 Å². The van der Waals surface area contributed by atoms with Crippen LogP contribution >= 0.6 is 11.6 Å². The molecule has 0 saturated carbocycles. The minimum Gasteiger partial charge on any atom is -0.377 e. The maximum absolute atomic E-state index is 12.0. The normalized spacial score (nSPS) is 10.8. The summed E-state index contributed by atoms with van der Waals surface area (Å²) in [5, 5.41) is 7.37. The van der Waals surface area contributed by atoms with Gasteiger partial charge in [-0.25, -0.2) is 4.68 Å². The quantitative estimate of drug-likeness (QED) is 0.920. The third kappa shape index (κ3) is 3.57. The van der Waals surface area contributed by atoms with Gasteiger partial charge >= 0.3 is 0 Å². The third-order valence-electron chi connectivity index (χ3n) is 2.71. The summed E-state index contributed by atoms with van der Waals surface area (Å²) >= 11 is 6.09. The zero-order chi connectivity index (χ0) is 14.5. The minimum absolute atomic E-state index is 0.164. The molecule has 0 aliphatic heterocycles. The fourth-order valence-electron chi connectivity index (χ4n) is 1.75. The van der Waals surface area contributed by atoms with E-state index in [1.807, 2.05) is 32.0 Å². The Hall–Kier alpha value is -1.88. The Morgan fingerprint density at radius 1 is 1.40 bits per heavy atom. The van der Waals surface area contributed by atoms with Gasteiger partial charge in [0, 0.05) is 12.7 Å². The Kier molecular flexibility index (Phi) is 4.74. The van der Waals surface area contributed by atoms with Crippen molar-refractivity contribution in [1.29, 1.82) is 0 Å². The van der Waals surface area contributed by atoms with Crippen molar-refractivity contribution >= 4 is 17.3 Å². The van der Waals surface area contributed by atoms with Gasteiger partial charge < -0.3 is 5.32 Å². The summed E-state index contributed by atoms with van der Waals surface area (Å²) in [6.07, 6.45) is 3.30. The summed E-state index contributed by atoms with van der Waals surface area (Å²) in [6, 6.07) is 5.66. The number of nitrogens with one attached hydrogen (secondary N) is 1. The van der Waals surface area contributed by atoms with Crippen molar-refractivity contribution in [3.63, 3.8) is 0 Å². The van der Waals surface area contributed by atoms with Gasteiger partial charge in [-0.15, -0.1) is 0 Å². The van der Waals surface area contributed by atoms with Crippen molar-refractivity contribution in [2.45, 2.75) is 26.9 Å². The van der Waals surface area contributed by atoms with Crippen molar-refractivity contribution in [2.24, 2.45) is 5.92 Å². The van der Waals surface area contributed by atoms with Crippen LogP contribution in [0.25, 0.3) is 0 Å². The number of hydrogen-bond acceptors (Lipinski definition) is 4. The van der Waals surface area contributed by atoms with Crippen LogP contribution in [0.4, 0.5) is 5.69 Å². The molecule has 0 bridgehead atoms. The molecular formula is C14H17ClN4O. The molecule has 2 rings (SSSR count). The van der Waals surface area contributed by atoms with E-state index in [-0.39, 0.29) is 10.6 Å². The van der Waals surface area contributed by atoms with Gasteiger partial charge in [0.05, 0.1) is 24.1 Å². The van der Waals surface area contributed by atoms with E-state index in [0.29, 0.717) is 24.7 Å². The van der Waals surface area contributed by atoms with Gasteiger partial charge in [-0.1, -0.05) is 31.5 Å². The number of halogens is 1. The first-order valence-corrected chi connectivity index (χ1v) is 6.85. The van der Waals surface area contributed by atoms with Gasteiger partial charge in [0.25, 0.3) is 5.56 Å². The first kappa shape index (κ1) is 14.5. The van der Waals surface area contributed by atoms with E-state index in [2.05, 4.69) is 15.4 Å². The number of pyridine rings is 1. The standard InChI is InChI=1S/C14H17ClN4O/c1-10(2)9-19-14(20)13(15)12(8-18-19)17-7-11-5-3-4-6-16-11/h3-6,8,10,17H,7,9H2,1-2H3. The predicted octanol–water partition coefficient (Wildman–Crippen LogP) is 2.56. The summed E-state index contributed by atoms with van der Waals surface area (Å²) in [6.45, 7) is 5.10. The lowest BCUT2D eigenvalue weighted by Crippen LogP contribution is -2.26. The maximum Gasteiger partial charge on any atom is 0.287 e. The molecule has 5 nitrogen and oxygen atoms in total.